The molecule has 0 amide bonds. The van der Waals surface area contributed by atoms with Crippen LogP contribution in [0.1, 0.15) is 226 Å². The number of rotatable bonds is 43. The molecule has 0 aliphatic carbocycles. The van der Waals surface area contributed by atoms with Crippen molar-refractivity contribution in [3.05, 3.63) is 72.9 Å². The number of hydrogen-bond acceptors (Lipinski definition) is 6. The summed E-state index contributed by atoms with van der Waals surface area (Å²) in [4.78, 5) is 37.8. The highest BCUT2D eigenvalue weighted by Gasteiger charge is 2.19. The molecule has 0 saturated heterocycles. The van der Waals surface area contributed by atoms with Crippen molar-refractivity contribution in [3.8, 4) is 0 Å². The van der Waals surface area contributed by atoms with Gasteiger partial charge in [-0.1, -0.05) is 222 Å². The van der Waals surface area contributed by atoms with Crippen LogP contribution >= 0.6 is 0 Å². The Bertz CT molecular complexity index is 1130. The minimum absolute atomic E-state index is 0.104. The summed E-state index contributed by atoms with van der Waals surface area (Å²) in [5.74, 6) is -0.983. The fourth-order valence-corrected chi connectivity index (χ4v) is 6.64. The van der Waals surface area contributed by atoms with E-state index in [1.54, 1.807) is 0 Å². The zero-order valence-electron chi connectivity index (χ0n) is 38.5. The minimum Gasteiger partial charge on any atom is -0.462 e. The van der Waals surface area contributed by atoms with Crippen molar-refractivity contribution >= 4 is 17.9 Å². The molecule has 338 valence electrons. The van der Waals surface area contributed by atoms with Gasteiger partial charge in [0.05, 0.1) is 0 Å². The quantitative estimate of drug-likeness (QED) is 0.0200. The third-order valence-corrected chi connectivity index (χ3v) is 10.3. The molecule has 6 nitrogen and oxygen atoms in total. The van der Waals surface area contributed by atoms with Gasteiger partial charge in [0.25, 0.3) is 0 Å². The molecule has 0 N–H and O–H groups in total. The summed E-state index contributed by atoms with van der Waals surface area (Å²) < 4.78 is 16.7. The molecule has 0 spiro atoms. The van der Waals surface area contributed by atoms with Crippen LogP contribution in [0.5, 0.6) is 0 Å². The van der Waals surface area contributed by atoms with Crippen molar-refractivity contribution < 1.29 is 28.6 Å². The lowest BCUT2D eigenvalue weighted by Gasteiger charge is -2.18. The molecule has 1 unspecified atom stereocenters. The fourth-order valence-electron chi connectivity index (χ4n) is 6.64. The third-order valence-electron chi connectivity index (χ3n) is 10.3. The topological polar surface area (TPSA) is 78.9 Å². The van der Waals surface area contributed by atoms with E-state index in [4.69, 9.17) is 14.2 Å². The first-order valence-electron chi connectivity index (χ1n) is 24.5. The first-order valence-corrected chi connectivity index (χ1v) is 24.5. The average molecular weight is 823 g/mol. The second-order valence-electron chi connectivity index (χ2n) is 16.1. The van der Waals surface area contributed by atoms with Crippen molar-refractivity contribution in [2.45, 2.75) is 232 Å². The van der Waals surface area contributed by atoms with E-state index < -0.39 is 6.10 Å². The molecule has 0 fully saturated rings. The maximum atomic E-state index is 12.7. The van der Waals surface area contributed by atoms with Crippen molar-refractivity contribution in [1.82, 2.24) is 0 Å². The first-order chi connectivity index (χ1) is 29.0. The Morgan fingerprint density at radius 3 is 1.14 bits per heavy atom. The lowest BCUT2D eigenvalue weighted by molar-refractivity contribution is -0.167. The van der Waals surface area contributed by atoms with Crippen molar-refractivity contribution in [1.29, 1.82) is 0 Å². The Hall–Kier alpha value is -3.15. The summed E-state index contributed by atoms with van der Waals surface area (Å²) in [6, 6.07) is 0. The van der Waals surface area contributed by atoms with E-state index in [1.165, 1.54) is 128 Å². The third kappa shape index (κ3) is 45.8. The van der Waals surface area contributed by atoms with Gasteiger partial charge < -0.3 is 14.2 Å². The first kappa shape index (κ1) is 55.9. The van der Waals surface area contributed by atoms with Crippen LogP contribution in [-0.2, 0) is 28.6 Å². The molecule has 0 heterocycles. The summed E-state index contributed by atoms with van der Waals surface area (Å²) in [5.41, 5.74) is 0. The van der Waals surface area contributed by atoms with E-state index in [0.717, 1.165) is 51.4 Å². The van der Waals surface area contributed by atoms with Crippen molar-refractivity contribution in [2.24, 2.45) is 0 Å². The molecular weight excluding hydrogens is 733 g/mol. The number of esters is 3. The largest absolute Gasteiger partial charge is 0.462 e. The predicted octanol–water partition coefficient (Wildman–Crippen LogP) is 15.9. The standard InChI is InChI=1S/C53H90O6/c1-4-7-10-13-16-19-22-25-26-29-31-34-37-40-43-46-52(55)58-49-50(59-53(56)47-44-41-38-35-32-28-24-21-18-15-12-9-6-3)48-57-51(54)45-42-39-36-33-30-27-23-20-17-14-11-8-5-2/h9,12,15,18-19,21-22,24,28,32,35,38,50H,4-8,10-11,13-14,16-17,20,23,25-27,29-31,33-34,36-37,39-49H2,1-3H3/b12-9+,18-15+,22-19+,24-21+,32-28+,38-35+. The van der Waals surface area contributed by atoms with Gasteiger partial charge in [-0.05, 0) is 57.8 Å². The van der Waals surface area contributed by atoms with Gasteiger partial charge in [-0.15, -0.1) is 0 Å². The Labute approximate surface area is 363 Å². The fraction of sp³-hybridized carbons (Fsp3) is 0.717. The lowest BCUT2D eigenvalue weighted by Crippen LogP contribution is -2.30. The molecule has 6 heteroatoms. The maximum Gasteiger partial charge on any atom is 0.306 e. The van der Waals surface area contributed by atoms with Crippen molar-refractivity contribution in [2.75, 3.05) is 13.2 Å². The number of carbonyl (C=O) groups excluding carboxylic acids is 3. The molecule has 0 aromatic rings. The molecule has 0 aliphatic rings. The number of allylic oxidation sites excluding steroid dienone is 12. The lowest BCUT2D eigenvalue weighted by atomic mass is 10.0. The molecule has 0 aliphatic heterocycles. The SMILES string of the molecule is CC/C=C/C=C/C=C/C=C/C=C/CCCC(=O)OC(COC(=O)CCCCCCCCC/C=C/CCCCCC)COC(=O)CCCCCCCCCCCCCCC. The van der Waals surface area contributed by atoms with Gasteiger partial charge in [-0.2, -0.15) is 0 Å². The van der Waals surface area contributed by atoms with E-state index in [1.807, 2.05) is 54.7 Å². The van der Waals surface area contributed by atoms with E-state index in [2.05, 4.69) is 39.0 Å². The number of ether oxygens (including phenoxy) is 3. The molecule has 0 bridgehead atoms. The van der Waals surface area contributed by atoms with Crippen LogP contribution in [0.4, 0.5) is 0 Å². The van der Waals surface area contributed by atoms with Gasteiger partial charge >= 0.3 is 17.9 Å². The van der Waals surface area contributed by atoms with Gasteiger partial charge in [0.2, 0.25) is 0 Å². The highest BCUT2D eigenvalue weighted by Crippen LogP contribution is 2.15. The Balaban J connectivity index is 4.47. The number of hydrogen-bond donors (Lipinski definition) is 0. The van der Waals surface area contributed by atoms with Crippen LogP contribution in [-0.4, -0.2) is 37.2 Å². The van der Waals surface area contributed by atoms with Crippen LogP contribution in [0.3, 0.4) is 0 Å². The smallest absolute Gasteiger partial charge is 0.306 e. The normalized spacial score (nSPS) is 12.7. The molecule has 59 heavy (non-hydrogen) atoms. The monoisotopic (exact) mass is 823 g/mol. The molecule has 0 rings (SSSR count). The minimum atomic E-state index is -0.810. The van der Waals surface area contributed by atoms with E-state index in [-0.39, 0.29) is 37.5 Å². The zero-order chi connectivity index (χ0) is 43.0. The maximum absolute atomic E-state index is 12.7. The molecule has 0 aromatic carbocycles. The molecular formula is C53H90O6. The number of unbranched alkanes of at least 4 members (excludes halogenated alkanes) is 24. The van der Waals surface area contributed by atoms with Gasteiger partial charge in [0, 0.05) is 19.3 Å². The molecule has 1 atom stereocenters. The highest BCUT2D eigenvalue weighted by molar-refractivity contribution is 5.71. The highest BCUT2D eigenvalue weighted by atomic mass is 16.6. The predicted molar refractivity (Wildman–Crippen MR) is 251 cm³/mol. The van der Waals surface area contributed by atoms with Crippen molar-refractivity contribution in [3.63, 3.8) is 0 Å². The van der Waals surface area contributed by atoms with Crippen LogP contribution in [0.2, 0.25) is 0 Å². The van der Waals surface area contributed by atoms with Gasteiger partial charge in [0.15, 0.2) is 6.10 Å². The van der Waals surface area contributed by atoms with E-state index >= 15 is 0 Å². The van der Waals surface area contributed by atoms with Gasteiger partial charge in [-0.25, -0.2) is 0 Å². The summed E-state index contributed by atoms with van der Waals surface area (Å²) in [6.07, 6.45) is 58.9. The second-order valence-corrected chi connectivity index (χ2v) is 16.1. The summed E-state index contributed by atoms with van der Waals surface area (Å²) >= 11 is 0. The summed E-state index contributed by atoms with van der Waals surface area (Å²) in [6.45, 7) is 6.41. The van der Waals surface area contributed by atoms with Gasteiger partial charge in [-0.3, -0.25) is 14.4 Å². The summed E-state index contributed by atoms with van der Waals surface area (Å²) in [5, 5.41) is 0. The van der Waals surface area contributed by atoms with E-state index in [0.29, 0.717) is 19.3 Å². The van der Waals surface area contributed by atoms with Crippen LogP contribution in [0, 0.1) is 0 Å². The molecule has 0 aromatic heterocycles. The second kappa shape index (κ2) is 47.5. The molecule has 0 radical (unpaired) electrons. The summed E-state index contributed by atoms with van der Waals surface area (Å²) in [7, 11) is 0. The van der Waals surface area contributed by atoms with Crippen LogP contribution in [0.15, 0.2) is 72.9 Å². The van der Waals surface area contributed by atoms with Crippen LogP contribution in [0.25, 0.3) is 0 Å². The Morgan fingerprint density at radius 1 is 0.356 bits per heavy atom. The zero-order valence-corrected chi connectivity index (χ0v) is 38.5. The Morgan fingerprint density at radius 2 is 0.695 bits per heavy atom. The average Bonchev–Trinajstić information content (AvgIpc) is 3.23. The van der Waals surface area contributed by atoms with Gasteiger partial charge in [0.1, 0.15) is 13.2 Å². The molecule has 0 saturated carbocycles. The Kier molecular flexibility index (Phi) is 45.0. The van der Waals surface area contributed by atoms with Crippen LogP contribution < -0.4 is 0 Å². The number of carbonyl (C=O) groups is 3. The van der Waals surface area contributed by atoms with E-state index in [9.17, 15) is 14.4 Å².